The number of hydrogen-bond acceptors (Lipinski definition) is 2. The molecule has 2 N–H and O–H groups in total. The summed E-state index contributed by atoms with van der Waals surface area (Å²) in [5.41, 5.74) is 2.86. The van der Waals surface area contributed by atoms with E-state index in [1.165, 1.54) is 6.42 Å². The quantitative estimate of drug-likeness (QED) is 0.891. The van der Waals surface area contributed by atoms with E-state index >= 15 is 0 Å². The summed E-state index contributed by atoms with van der Waals surface area (Å²) in [4.78, 5) is 18.0. The first-order valence-corrected chi connectivity index (χ1v) is 8.45. The molecule has 2 aromatic rings. The van der Waals surface area contributed by atoms with Crippen LogP contribution in [0.4, 0.5) is 0 Å². The number of amides is 1. The molecule has 0 bridgehead atoms. The summed E-state index contributed by atoms with van der Waals surface area (Å²) in [5.74, 6) is 0.892. The number of nitrogens with zero attached hydrogens (tertiary/aromatic N) is 1. The third-order valence-corrected chi connectivity index (χ3v) is 4.77. The van der Waals surface area contributed by atoms with Gasteiger partial charge in [0.15, 0.2) is 0 Å². The molecule has 0 saturated carbocycles. The first-order valence-electron chi connectivity index (χ1n) is 8.45. The Morgan fingerprint density at radius 3 is 2.65 bits per heavy atom. The lowest BCUT2D eigenvalue weighted by molar-refractivity contribution is 0.0688. The molecular formula is C19H25N3O. The van der Waals surface area contributed by atoms with Gasteiger partial charge in [0.2, 0.25) is 0 Å². The van der Waals surface area contributed by atoms with Crippen LogP contribution in [-0.4, -0.2) is 42.5 Å². The molecule has 1 aromatic heterocycles. The van der Waals surface area contributed by atoms with Crippen molar-refractivity contribution in [3.8, 4) is 11.1 Å². The Morgan fingerprint density at radius 1 is 1.22 bits per heavy atom. The second-order valence-corrected chi connectivity index (χ2v) is 6.28. The maximum atomic E-state index is 12.9. The summed E-state index contributed by atoms with van der Waals surface area (Å²) < 4.78 is 0. The van der Waals surface area contributed by atoms with Gasteiger partial charge in [-0.05, 0) is 44.3 Å². The van der Waals surface area contributed by atoms with Crippen molar-refractivity contribution in [3.05, 3.63) is 48.3 Å². The van der Waals surface area contributed by atoms with Crippen LogP contribution in [0.1, 0.15) is 29.6 Å². The standard InChI is InChI=1S/C19H25N3O/c1-20-10-7-15-8-11-22(12-9-15)19(23)18-14-21-13-17(18)16-5-3-2-4-6-16/h2-6,13-15,20-21H,7-12H2,1H3. The summed E-state index contributed by atoms with van der Waals surface area (Å²) in [6.45, 7) is 2.80. The fourth-order valence-electron chi connectivity index (χ4n) is 3.34. The number of carbonyl (C=O) groups is 1. The van der Waals surface area contributed by atoms with Crippen LogP contribution < -0.4 is 5.32 Å². The van der Waals surface area contributed by atoms with E-state index in [0.29, 0.717) is 0 Å². The summed E-state index contributed by atoms with van der Waals surface area (Å²) in [6.07, 6.45) is 7.18. The predicted octanol–water partition coefficient (Wildman–Crippen LogP) is 3.14. The Labute approximate surface area is 137 Å². The molecule has 1 aromatic carbocycles. The molecule has 0 atom stereocenters. The van der Waals surface area contributed by atoms with Crippen molar-refractivity contribution in [1.29, 1.82) is 0 Å². The van der Waals surface area contributed by atoms with Crippen molar-refractivity contribution in [2.24, 2.45) is 5.92 Å². The zero-order valence-electron chi connectivity index (χ0n) is 13.7. The number of H-pyrrole nitrogens is 1. The molecule has 4 heteroatoms. The lowest BCUT2D eigenvalue weighted by Crippen LogP contribution is -2.39. The van der Waals surface area contributed by atoms with Crippen LogP contribution in [0.15, 0.2) is 42.7 Å². The Hall–Kier alpha value is -2.07. The van der Waals surface area contributed by atoms with Gasteiger partial charge in [0, 0.05) is 31.0 Å². The summed E-state index contributed by atoms with van der Waals surface area (Å²) in [5, 5.41) is 3.21. The molecule has 1 saturated heterocycles. The monoisotopic (exact) mass is 311 g/mol. The highest BCUT2D eigenvalue weighted by Crippen LogP contribution is 2.27. The normalized spacial score (nSPS) is 15.8. The molecule has 0 spiro atoms. The first kappa shape index (κ1) is 15.8. The van der Waals surface area contributed by atoms with Gasteiger partial charge in [0.25, 0.3) is 5.91 Å². The van der Waals surface area contributed by atoms with Crippen molar-refractivity contribution in [2.45, 2.75) is 19.3 Å². The molecule has 4 nitrogen and oxygen atoms in total. The van der Waals surface area contributed by atoms with Crippen LogP contribution >= 0.6 is 0 Å². The fraction of sp³-hybridized carbons (Fsp3) is 0.421. The van der Waals surface area contributed by atoms with Crippen molar-refractivity contribution in [2.75, 3.05) is 26.7 Å². The maximum absolute atomic E-state index is 12.9. The molecule has 3 rings (SSSR count). The van der Waals surface area contributed by atoms with E-state index in [1.54, 1.807) is 0 Å². The van der Waals surface area contributed by atoms with Gasteiger partial charge in [0.05, 0.1) is 5.56 Å². The van der Waals surface area contributed by atoms with Crippen LogP contribution in [-0.2, 0) is 0 Å². The van der Waals surface area contributed by atoms with Gasteiger partial charge in [-0.3, -0.25) is 4.79 Å². The van der Waals surface area contributed by atoms with E-state index in [2.05, 4.69) is 10.3 Å². The Balaban J connectivity index is 1.67. The molecule has 1 aliphatic heterocycles. The number of hydrogen-bond donors (Lipinski definition) is 2. The van der Waals surface area contributed by atoms with Crippen LogP contribution in [0, 0.1) is 5.92 Å². The molecule has 0 aliphatic carbocycles. The number of aromatic nitrogens is 1. The number of likely N-dealkylation sites (tertiary alicyclic amines) is 1. The molecule has 1 fully saturated rings. The number of aromatic amines is 1. The third kappa shape index (κ3) is 3.64. The molecule has 2 heterocycles. The molecule has 23 heavy (non-hydrogen) atoms. The van der Waals surface area contributed by atoms with Gasteiger partial charge in [-0.2, -0.15) is 0 Å². The number of nitrogens with one attached hydrogen (secondary N) is 2. The minimum absolute atomic E-state index is 0.150. The van der Waals surface area contributed by atoms with Gasteiger partial charge in [-0.25, -0.2) is 0 Å². The van der Waals surface area contributed by atoms with Crippen molar-refractivity contribution in [1.82, 2.24) is 15.2 Å². The Kier molecular flexibility index (Phi) is 5.13. The van der Waals surface area contributed by atoms with Crippen molar-refractivity contribution < 1.29 is 4.79 Å². The van der Waals surface area contributed by atoms with Crippen molar-refractivity contribution in [3.63, 3.8) is 0 Å². The number of benzene rings is 1. The van der Waals surface area contributed by atoms with Crippen LogP contribution in [0.5, 0.6) is 0 Å². The van der Waals surface area contributed by atoms with E-state index in [-0.39, 0.29) is 5.91 Å². The lowest BCUT2D eigenvalue weighted by Gasteiger charge is -2.32. The largest absolute Gasteiger partial charge is 0.366 e. The average molecular weight is 311 g/mol. The topological polar surface area (TPSA) is 48.1 Å². The van der Waals surface area contributed by atoms with Gasteiger partial charge in [-0.1, -0.05) is 30.3 Å². The first-order chi connectivity index (χ1) is 11.3. The fourth-order valence-corrected chi connectivity index (χ4v) is 3.34. The van der Waals surface area contributed by atoms with Crippen molar-refractivity contribution >= 4 is 5.91 Å². The lowest BCUT2D eigenvalue weighted by atomic mass is 9.93. The minimum Gasteiger partial charge on any atom is -0.366 e. The summed E-state index contributed by atoms with van der Waals surface area (Å²) >= 11 is 0. The van der Waals surface area contributed by atoms with E-state index in [4.69, 9.17) is 0 Å². The highest BCUT2D eigenvalue weighted by molar-refractivity contribution is 6.00. The second-order valence-electron chi connectivity index (χ2n) is 6.28. The zero-order chi connectivity index (χ0) is 16.1. The highest BCUT2D eigenvalue weighted by atomic mass is 16.2. The predicted molar refractivity (Wildman–Crippen MR) is 93.4 cm³/mol. The third-order valence-electron chi connectivity index (χ3n) is 4.77. The second kappa shape index (κ2) is 7.47. The Bertz CT molecular complexity index is 627. The van der Waals surface area contributed by atoms with Gasteiger partial charge >= 0.3 is 0 Å². The maximum Gasteiger partial charge on any atom is 0.256 e. The summed E-state index contributed by atoms with van der Waals surface area (Å²) in [7, 11) is 2.00. The molecule has 0 unspecified atom stereocenters. The molecule has 1 aliphatic rings. The van der Waals surface area contributed by atoms with Crippen LogP contribution in [0.25, 0.3) is 11.1 Å². The van der Waals surface area contributed by atoms with Gasteiger partial charge in [-0.15, -0.1) is 0 Å². The Morgan fingerprint density at radius 2 is 1.96 bits per heavy atom. The van der Waals surface area contributed by atoms with Gasteiger partial charge < -0.3 is 15.2 Å². The van der Waals surface area contributed by atoms with E-state index in [1.807, 2.05) is 54.7 Å². The minimum atomic E-state index is 0.150. The van der Waals surface area contributed by atoms with E-state index in [0.717, 1.165) is 55.1 Å². The highest BCUT2D eigenvalue weighted by Gasteiger charge is 2.25. The average Bonchev–Trinajstić information content (AvgIpc) is 3.10. The van der Waals surface area contributed by atoms with E-state index in [9.17, 15) is 4.79 Å². The smallest absolute Gasteiger partial charge is 0.256 e. The van der Waals surface area contributed by atoms with Crippen LogP contribution in [0.2, 0.25) is 0 Å². The zero-order valence-corrected chi connectivity index (χ0v) is 13.7. The van der Waals surface area contributed by atoms with Gasteiger partial charge in [0.1, 0.15) is 0 Å². The number of rotatable bonds is 5. The molecular weight excluding hydrogens is 286 g/mol. The van der Waals surface area contributed by atoms with Crippen LogP contribution in [0.3, 0.4) is 0 Å². The molecule has 1 amide bonds. The number of carbonyl (C=O) groups excluding carboxylic acids is 1. The summed E-state index contributed by atoms with van der Waals surface area (Å²) in [6, 6.07) is 10.1. The van der Waals surface area contributed by atoms with E-state index < -0.39 is 0 Å². The SMILES string of the molecule is CNCCC1CCN(C(=O)c2c[nH]cc2-c2ccccc2)CC1. The molecule has 0 radical (unpaired) electrons. The molecule has 122 valence electrons. The number of piperidine rings is 1.